The molecule has 1 heterocycles. The third-order valence-electron chi connectivity index (χ3n) is 3.62. The van der Waals surface area contributed by atoms with Crippen molar-refractivity contribution >= 4 is 29.5 Å². The van der Waals surface area contributed by atoms with Gasteiger partial charge in [-0.15, -0.1) is 0 Å². The van der Waals surface area contributed by atoms with Crippen LogP contribution < -0.4 is 5.43 Å². The molecule has 3 aromatic rings. The van der Waals surface area contributed by atoms with Crippen LogP contribution in [0.1, 0.15) is 21.6 Å². The van der Waals surface area contributed by atoms with E-state index in [9.17, 15) is 9.18 Å². The van der Waals surface area contributed by atoms with Crippen LogP contribution in [0.3, 0.4) is 0 Å². The minimum atomic E-state index is -1.02. The molecule has 6 nitrogen and oxygen atoms in total. The number of hydrazone groups is 1. The van der Waals surface area contributed by atoms with Crippen molar-refractivity contribution in [2.75, 3.05) is 5.43 Å². The van der Waals surface area contributed by atoms with Gasteiger partial charge in [0.1, 0.15) is 11.0 Å². The Morgan fingerprint density at radius 3 is 2.73 bits per heavy atom. The monoisotopic (exact) mass is 372 g/mol. The van der Waals surface area contributed by atoms with Crippen molar-refractivity contribution in [3.8, 4) is 5.69 Å². The molecular formula is C18H14ClFN4O2. The van der Waals surface area contributed by atoms with Crippen LogP contribution >= 0.6 is 11.6 Å². The number of benzene rings is 2. The third-order valence-corrected chi connectivity index (χ3v) is 3.98. The number of rotatable bonds is 5. The van der Waals surface area contributed by atoms with Crippen LogP contribution in [0.15, 0.2) is 53.6 Å². The predicted octanol–water partition coefficient (Wildman–Crippen LogP) is 4.12. The molecule has 8 heteroatoms. The summed E-state index contributed by atoms with van der Waals surface area (Å²) >= 11 is 6.36. The molecule has 0 fully saturated rings. The molecule has 0 atom stereocenters. The Morgan fingerprint density at radius 2 is 2.04 bits per heavy atom. The Balaban J connectivity index is 1.82. The quantitative estimate of drug-likeness (QED) is 0.521. The second kappa shape index (κ2) is 7.37. The maximum Gasteiger partial charge on any atom is 0.335 e. The zero-order valence-electron chi connectivity index (χ0n) is 13.6. The highest BCUT2D eigenvalue weighted by Gasteiger charge is 2.13. The Bertz CT molecular complexity index is 983. The van der Waals surface area contributed by atoms with E-state index >= 15 is 0 Å². The number of halogens is 2. The van der Waals surface area contributed by atoms with Gasteiger partial charge in [0.15, 0.2) is 0 Å². The maximum atomic E-state index is 13.1. The second-order valence-corrected chi connectivity index (χ2v) is 5.79. The molecule has 0 amide bonds. The first-order valence-electron chi connectivity index (χ1n) is 7.59. The van der Waals surface area contributed by atoms with Gasteiger partial charge in [-0.3, -0.25) is 5.43 Å². The number of hydrogen-bond acceptors (Lipinski definition) is 4. The summed E-state index contributed by atoms with van der Waals surface area (Å²) in [6.45, 7) is 1.78. The van der Waals surface area contributed by atoms with Crippen molar-refractivity contribution in [2.24, 2.45) is 5.10 Å². The van der Waals surface area contributed by atoms with Crippen LogP contribution in [0.5, 0.6) is 0 Å². The topological polar surface area (TPSA) is 79.5 Å². The lowest BCUT2D eigenvalue weighted by molar-refractivity contribution is 0.0697. The van der Waals surface area contributed by atoms with E-state index in [1.165, 1.54) is 35.2 Å². The van der Waals surface area contributed by atoms with Crippen molar-refractivity contribution in [2.45, 2.75) is 6.92 Å². The third kappa shape index (κ3) is 3.73. The minimum absolute atomic E-state index is 0.156. The van der Waals surface area contributed by atoms with Gasteiger partial charge in [0.25, 0.3) is 0 Å². The van der Waals surface area contributed by atoms with Gasteiger partial charge < -0.3 is 5.11 Å². The number of nitrogens with zero attached hydrogens (tertiary/aromatic N) is 3. The Labute approximate surface area is 153 Å². The predicted molar refractivity (Wildman–Crippen MR) is 97.9 cm³/mol. The van der Waals surface area contributed by atoms with Gasteiger partial charge in [-0.05, 0) is 49.4 Å². The van der Waals surface area contributed by atoms with Crippen LogP contribution in [0.25, 0.3) is 5.69 Å². The van der Waals surface area contributed by atoms with Crippen molar-refractivity contribution < 1.29 is 14.3 Å². The summed E-state index contributed by atoms with van der Waals surface area (Å²) in [5.41, 5.74) is 5.31. The zero-order chi connectivity index (χ0) is 18.7. The van der Waals surface area contributed by atoms with Gasteiger partial charge in [-0.25, -0.2) is 13.9 Å². The first kappa shape index (κ1) is 17.6. The SMILES string of the molecule is Cc1nn(-c2ccc(F)cc2)c(Cl)c1/C=N\Nc1cccc(C(=O)O)c1. The number of carboxylic acid groups (broad SMARTS) is 1. The lowest BCUT2D eigenvalue weighted by atomic mass is 10.2. The van der Waals surface area contributed by atoms with Crippen molar-refractivity contribution in [1.29, 1.82) is 0 Å². The summed E-state index contributed by atoms with van der Waals surface area (Å²) in [7, 11) is 0. The summed E-state index contributed by atoms with van der Waals surface area (Å²) in [6, 6.07) is 12.1. The average Bonchev–Trinajstić information content (AvgIpc) is 2.91. The molecule has 0 radical (unpaired) electrons. The highest BCUT2D eigenvalue weighted by molar-refractivity contribution is 6.32. The first-order chi connectivity index (χ1) is 12.5. The normalized spacial score (nSPS) is 11.0. The van der Waals surface area contributed by atoms with Crippen molar-refractivity contribution in [3.63, 3.8) is 0 Å². The van der Waals surface area contributed by atoms with Crippen LogP contribution in [-0.2, 0) is 0 Å². The molecule has 2 aromatic carbocycles. The number of aromatic nitrogens is 2. The van der Waals surface area contributed by atoms with Gasteiger partial charge >= 0.3 is 5.97 Å². The first-order valence-corrected chi connectivity index (χ1v) is 7.97. The number of nitrogens with one attached hydrogen (secondary N) is 1. The fourth-order valence-electron chi connectivity index (χ4n) is 2.30. The van der Waals surface area contributed by atoms with E-state index < -0.39 is 5.97 Å². The molecule has 0 saturated carbocycles. The molecule has 0 saturated heterocycles. The summed E-state index contributed by atoms with van der Waals surface area (Å²) < 4.78 is 14.6. The molecule has 0 aliphatic rings. The van der Waals surface area contributed by atoms with Crippen LogP contribution in [0.2, 0.25) is 5.15 Å². The van der Waals surface area contributed by atoms with Gasteiger partial charge in [-0.1, -0.05) is 17.7 Å². The van der Waals surface area contributed by atoms with Crippen LogP contribution in [-0.4, -0.2) is 27.1 Å². The summed E-state index contributed by atoms with van der Waals surface area (Å²) in [5, 5.41) is 17.8. The molecular weight excluding hydrogens is 359 g/mol. The summed E-state index contributed by atoms with van der Waals surface area (Å²) in [4.78, 5) is 11.0. The van der Waals surface area contributed by atoms with Crippen LogP contribution in [0.4, 0.5) is 10.1 Å². The molecule has 0 bridgehead atoms. The smallest absolute Gasteiger partial charge is 0.335 e. The Morgan fingerprint density at radius 1 is 1.31 bits per heavy atom. The molecule has 1 aromatic heterocycles. The Kier molecular flexibility index (Phi) is 4.99. The molecule has 3 rings (SSSR count). The molecule has 0 aliphatic heterocycles. The average molecular weight is 373 g/mol. The number of hydrogen-bond donors (Lipinski definition) is 2. The van der Waals surface area contributed by atoms with E-state index in [0.717, 1.165) is 0 Å². The summed E-state index contributed by atoms with van der Waals surface area (Å²) in [6.07, 6.45) is 1.50. The van der Waals surface area contributed by atoms with Crippen molar-refractivity contribution in [1.82, 2.24) is 9.78 Å². The number of carbonyl (C=O) groups is 1. The fourth-order valence-corrected chi connectivity index (χ4v) is 2.63. The van der Waals surface area contributed by atoms with Gasteiger partial charge in [0.05, 0.1) is 34.4 Å². The van der Waals surface area contributed by atoms with E-state index in [0.29, 0.717) is 27.8 Å². The highest BCUT2D eigenvalue weighted by atomic mass is 35.5. The van der Waals surface area contributed by atoms with E-state index in [1.807, 2.05) is 0 Å². The lowest BCUT2D eigenvalue weighted by Gasteiger charge is -2.03. The van der Waals surface area contributed by atoms with E-state index in [-0.39, 0.29) is 11.4 Å². The highest BCUT2D eigenvalue weighted by Crippen LogP contribution is 2.22. The second-order valence-electron chi connectivity index (χ2n) is 5.43. The molecule has 26 heavy (non-hydrogen) atoms. The van der Waals surface area contributed by atoms with Gasteiger partial charge in [-0.2, -0.15) is 10.2 Å². The van der Waals surface area contributed by atoms with Gasteiger partial charge in [0, 0.05) is 0 Å². The zero-order valence-corrected chi connectivity index (χ0v) is 14.4. The largest absolute Gasteiger partial charge is 0.478 e. The van der Waals surface area contributed by atoms with Crippen molar-refractivity contribution in [3.05, 3.63) is 76.3 Å². The van der Waals surface area contributed by atoms with E-state index in [1.54, 1.807) is 31.2 Å². The minimum Gasteiger partial charge on any atom is -0.478 e. The molecule has 0 unspecified atom stereocenters. The molecule has 2 N–H and O–H groups in total. The number of aryl methyl sites for hydroxylation is 1. The maximum absolute atomic E-state index is 13.1. The number of carboxylic acids is 1. The summed E-state index contributed by atoms with van der Waals surface area (Å²) in [5.74, 6) is -1.36. The van der Waals surface area contributed by atoms with E-state index in [4.69, 9.17) is 16.7 Å². The molecule has 0 aliphatic carbocycles. The number of aromatic carboxylic acids is 1. The fraction of sp³-hybridized carbons (Fsp3) is 0.0556. The molecule has 0 spiro atoms. The lowest BCUT2D eigenvalue weighted by Crippen LogP contribution is -1.98. The Hall–Kier alpha value is -3.19. The van der Waals surface area contributed by atoms with E-state index in [2.05, 4.69) is 15.6 Å². The van der Waals surface area contributed by atoms with Crippen LogP contribution in [0, 0.1) is 12.7 Å². The van der Waals surface area contributed by atoms with Gasteiger partial charge in [0.2, 0.25) is 0 Å². The number of anilines is 1. The standard InChI is InChI=1S/C18H14ClFN4O2/c1-11-16(10-21-22-14-4-2-3-12(9-14)18(25)26)17(19)24(23-11)15-7-5-13(20)6-8-15/h2-10,22H,1H3,(H,25,26)/b21-10-. The molecule has 132 valence electrons.